The van der Waals surface area contributed by atoms with Crippen LogP contribution in [0.1, 0.15) is 22.6 Å². The Bertz CT molecular complexity index is 913. The molecule has 3 aromatic rings. The molecule has 0 aliphatic heterocycles. The largest absolute Gasteiger partial charge is 0.755 e. The van der Waals surface area contributed by atoms with Gasteiger partial charge in [-0.05, 0) is 71.8 Å². The van der Waals surface area contributed by atoms with E-state index in [1.807, 2.05) is 18.2 Å². The Balaban J connectivity index is 1.86. The summed E-state index contributed by atoms with van der Waals surface area (Å²) in [4.78, 5) is 0. The van der Waals surface area contributed by atoms with Gasteiger partial charge in [-0.2, -0.15) is 0 Å². The second kappa shape index (κ2) is 8.79. The Morgan fingerprint density at radius 2 is 1.63 bits per heavy atom. The van der Waals surface area contributed by atoms with Gasteiger partial charge in [0, 0.05) is 17.0 Å². The molecule has 0 saturated heterocycles. The number of benzene rings is 3. The highest BCUT2D eigenvalue weighted by Crippen LogP contribution is 2.27. The zero-order valence-corrected chi connectivity index (χ0v) is 15.3. The Morgan fingerprint density at radius 3 is 2.30 bits per heavy atom. The van der Waals surface area contributed by atoms with E-state index in [0.717, 1.165) is 16.7 Å². The Morgan fingerprint density at radius 1 is 0.963 bits per heavy atom. The van der Waals surface area contributed by atoms with Gasteiger partial charge in [0.1, 0.15) is 11.6 Å². The molecular weight excluding hydrogens is 365 g/mol. The second-order valence-electron chi connectivity index (χ2n) is 6.36. The van der Waals surface area contributed by atoms with Crippen LogP contribution >= 0.6 is 0 Å². The smallest absolute Gasteiger partial charge is 0.123 e. The molecule has 0 aromatic heterocycles. The van der Waals surface area contributed by atoms with Crippen LogP contribution in [0.25, 0.3) is 0 Å². The molecule has 2 unspecified atom stereocenters. The van der Waals surface area contributed by atoms with Crippen molar-refractivity contribution < 1.29 is 18.3 Å². The van der Waals surface area contributed by atoms with Gasteiger partial charge >= 0.3 is 0 Å². The van der Waals surface area contributed by atoms with E-state index >= 15 is 0 Å². The fourth-order valence-corrected chi connectivity index (χ4v) is 3.42. The number of aromatic hydroxyl groups is 1. The van der Waals surface area contributed by atoms with Crippen molar-refractivity contribution in [1.29, 1.82) is 0 Å². The van der Waals surface area contributed by atoms with E-state index in [0.29, 0.717) is 18.5 Å². The zero-order chi connectivity index (χ0) is 19.2. The summed E-state index contributed by atoms with van der Waals surface area (Å²) in [5.41, 5.74) is 3.52. The molecule has 0 saturated carbocycles. The molecule has 3 aromatic carbocycles. The van der Waals surface area contributed by atoms with E-state index in [1.54, 1.807) is 42.5 Å². The van der Waals surface area contributed by atoms with Crippen molar-refractivity contribution >= 4 is 17.0 Å². The summed E-state index contributed by atoms with van der Waals surface area (Å²) < 4.78 is 37.4. The molecule has 0 radical (unpaired) electrons. The summed E-state index contributed by atoms with van der Waals surface area (Å²) >= 11 is -2.38. The summed E-state index contributed by atoms with van der Waals surface area (Å²) in [6, 6.07) is 20.7. The van der Waals surface area contributed by atoms with Gasteiger partial charge in [-0.1, -0.05) is 36.4 Å². The van der Waals surface area contributed by atoms with Crippen molar-refractivity contribution in [1.82, 2.24) is 0 Å². The molecule has 4 nitrogen and oxygen atoms in total. The van der Waals surface area contributed by atoms with Crippen LogP contribution < -0.4 is 4.72 Å². The summed E-state index contributed by atoms with van der Waals surface area (Å²) in [5.74, 6) is -0.00383. The molecule has 2 atom stereocenters. The Kier molecular flexibility index (Phi) is 6.21. The predicted octanol–water partition coefficient (Wildman–Crippen LogP) is 4.31. The first-order valence-electron chi connectivity index (χ1n) is 8.48. The normalized spacial score (nSPS) is 13.1. The van der Waals surface area contributed by atoms with Gasteiger partial charge in [-0.3, -0.25) is 4.21 Å². The summed E-state index contributed by atoms with van der Waals surface area (Å²) in [5, 5.41) is 9.48. The first kappa shape index (κ1) is 19.1. The van der Waals surface area contributed by atoms with Crippen LogP contribution in [-0.4, -0.2) is 13.9 Å². The van der Waals surface area contributed by atoms with Crippen molar-refractivity contribution in [3.8, 4) is 5.75 Å². The van der Waals surface area contributed by atoms with Crippen LogP contribution in [0.5, 0.6) is 5.75 Å². The summed E-state index contributed by atoms with van der Waals surface area (Å²) in [6.07, 6.45) is 1.37. The minimum atomic E-state index is -2.38. The van der Waals surface area contributed by atoms with Gasteiger partial charge in [0.25, 0.3) is 0 Å². The molecule has 0 spiro atoms. The predicted molar refractivity (Wildman–Crippen MR) is 104 cm³/mol. The first-order valence-corrected chi connectivity index (χ1v) is 9.55. The molecule has 0 amide bonds. The third-order valence-corrected chi connectivity index (χ3v) is 4.77. The number of nitrogens with one attached hydrogen (secondary N) is 1. The lowest BCUT2D eigenvalue weighted by molar-refractivity contribution is 0.475. The van der Waals surface area contributed by atoms with Crippen LogP contribution in [-0.2, 0) is 24.1 Å². The van der Waals surface area contributed by atoms with E-state index in [1.165, 1.54) is 12.1 Å². The molecule has 6 heteroatoms. The fraction of sp³-hybridized carbons (Fsp3) is 0.143. The second-order valence-corrected chi connectivity index (χ2v) is 7.03. The molecule has 0 heterocycles. The molecule has 0 aliphatic carbocycles. The van der Waals surface area contributed by atoms with Gasteiger partial charge in [0.15, 0.2) is 0 Å². The lowest BCUT2D eigenvalue weighted by Crippen LogP contribution is -2.08. The van der Waals surface area contributed by atoms with Crippen LogP contribution in [0, 0.1) is 5.82 Å². The van der Waals surface area contributed by atoms with E-state index in [-0.39, 0.29) is 17.5 Å². The quantitative estimate of drug-likeness (QED) is 0.597. The molecule has 2 N–H and O–H groups in total. The highest BCUT2D eigenvalue weighted by Gasteiger charge is 2.14. The highest BCUT2D eigenvalue weighted by atomic mass is 32.2. The monoisotopic (exact) mass is 384 g/mol. The van der Waals surface area contributed by atoms with E-state index in [9.17, 15) is 18.3 Å². The Labute approximate surface area is 160 Å². The standard InChI is InChI=1S/C21H20FNO3S/c22-19-8-6-17(7-9-19)18(12-15-4-10-21(24)11-5-15)13-16-2-1-3-20(14-16)23-27(25)26/h1-11,14,18,23-24H,12-13H2,(H,25,26)/p-1. The van der Waals surface area contributed by atoms with Crippen molar-refractivity contribution in [2.75, 3.05) is 4.72 Å². The maximum Gasteiger partial charge on any atom is 0.123 e. The molecule has 0 fully saturated rings. The minimum Gasteiger partial charge on any atom is -0.755 e. The zero-order valence-electron chi connectivity index (χ0n) is 14.5. The van der Waals surface area contributed by atoms with Crippen LogP contribution in [0.4, 0.5) is 10.1 Å². The Hall–Kier alpha value is -2.70. The average Bonchev–Trinajstić information content (AvgIpc) is 2.63. The number of rotatable bonds is 7. The molecule has 3 rings (SSSR count). The third-order valence-electron chi connectivity index (χ3n) is 4.37. The average molecular weight is 384 g/mol. The van der Waals surface area contributed by atoms with Gasteiger partial charge in [0.2, 0.25) is 0 Å². The van der Waals surface area contributed by atoms with Crippen LogP contribution in [0.15, 0.2) is 72.8 Å². The molecule has 140 valence electrons. The lowest BCUT2D eigenvalue weighted by atomic mass is 9.86. The van der Waals surface area contributed by atoms with Crippen molar-refractivity contribution in [2.24, 2.45) is 0 Å². The van der Waals surface area contributed by atoms with Gasteiger partial charge in [0.05, 0.1) is 0 Å². The third kappa shape index (κ3) is 5.64. The summed E-state index contributed by atoms with van der Waals surface area (Å²) in [6.45, 7) is 0. The molecule has 0 bridgehead atoms. The number of anilines is 1. The summed E-state index contributed by atoms with van der Waals surface area (Å²) in [7, 11) is 0. The van der Waals surface area contributed by atoms with Gasteiger partial charge in [-0.25, -0.2) is 4.39 Å². The van der Waals surface area contributed by atoms with Crippen molar-refractivity contribution in [3.63, 3.8) is 0 Å². The SMILES string of the molecule is O=S([O-])Nc1cccc(CC(Cc2ccc(O)cc2)c2ccc(F)cc2)c1. The van der Waals surface area contributed by atoms with Crippen LogP contribution in [0.2, 0.25) is 0 Å². The van der Waals surface area contributed by atoms with Crippen molar-refractivity contribution in [3.05, 3.63) is 95.3 Å². The maximum absolute atomic E-state index is 13.3. The lowest BCUT2D eigenvalue weighted by Gasteiger charge is -2.19. The minimum absolute atomic E-state index is 0.0724. The van der Waals surface area contributed by atoms with Crippen LogP contribution in [0.3, 0.4) is 0 Å². The van der Waals surface area contributed by atoms with Gasteiger partial charge < -0.3 is 14.4 Å². The topological polar surface area (TPSA) is 72.4 Å². The molecular formula is C21H19FNO3S-. The van der Waals surface area contributed by atoms with Crippen molar-refractivity contribution in [2.45, 2.75) is 18.8 Å². The van der Waals surface area contributed by atoms with Gasteiger partial charge in [-0.15, -0.1) is 0 Å². The number of hydrogen-bond acceptors (Lipinski definition) is 3. The fourth-order valence-electron chi connectivity index (χ4n) is 3.10. The number of halogens is 1. The molecule has 27 heavy (non-hydrogen) atoms. The van der Waals surface area contributed by atoms with E-state index in [2.05, 4.69) is 4.72 Å². The van der Waals surface area contributed by atoms with E-state index in [4.69, 9.17) is 0 Å². The first-order chi connectivity index (χ1) is 13.0. The number of phenols is 1. The molecule has 0 aliphatic rings. The number of phenolic OH excluding ortho intramolecular Hbond substituents is 1. The number of hydrogen-bond donors (Lipinski definition) is 2. The maximum atomic E-state index is 13.3. The van der Waals surface area contributed by atoms with E-state index < -0.39 is 11.3 Å². The highest BCUT2D eigenvalue weighted by molar-refractivity contribution is 7.80.